The van der Waals surface area contributed by atoms with Crippen LogP contribution in [0.15, 0.2) is 0 Å². The van der Waals surface area contributed by atoms with E-state index in [2.05, 4.69) is 32.6 Å². The van der Waals surface area contributed by atoms with Gasteiger partial charge in [0.2, 0.25) is 0 Å². The molecule has 0 amide bonds. The van der Waals surface area contributed by atoms with Crippen molar-refractivity contribution in [2.45, 2.75) is 72.3 Å². The molecule has 0 aliphatic heterocycles. The zero-order chi connectivity index (χ0) is 13.6. The molecule has 1 aliphatic carbocycles. The molecule has 1 aliphatic rings. The number of hydrogen-bond donors (Lipinski definition) is 1. The highest BCUT2D eigenvalue weighted by Crippen LogP contribution is 2.30. The van der Waals surface area contributed by atoms with Crippen molar-refractivity contribution in [3.05, 3.63) is 0 Å². The number of nitrogens with two attached hydrogens (primary N) is 1. The van der Waals surface area contributed by atoms with Crippen LogP contribution in [0, 0.1) is 11.3 Å². The van der Waals surface area contributed by atoms with Gasteiger partial charge in [-0.05, 0) is 50.6 Å². The lowest BCUT2D eigenvalue weighted by Gasteiger charge is -2.40. The summed E-state index contributed by atoms with van der Waals surface area (Å²) in [7, 11) is 0. The molecule has 0 spiro atoms. The monoisotopic (exact) mass is 254 g/mol. The molecule has 1 atom stereocenters. The Morgan fingerprint density at radius 1 is 1.22 bits per heavy atom. The average molecular weight is 254 g/mol. The van der Waals surface area contributed by atoms with E-state index in [1.165, 1.54) is 45.1 Å². The second kappa shape index (κ2) is 7.49. The first kappa shape index (κ1) is 16.0. The first-order valence-electron chi connectivity index (χ1n) is 7.94. The predicted octanol–water partition coefficient (Wildman–Crippen LogP) is 3.65. The van der Waals surface area contributed by atoms with Crippen LogP contribution in [-0.2, 0) is 0 Å². The lowest BCUT2D eigenvalue weighted by molar-refractivity contribution is 0.0897. The molecular weight excluding hydrogens is 220 g/mol. The SMILES string of the molecule is CCCN(CC(C)(C)CN)C(C)C1CCCCC1. The molecule has 2 nitrogen and oxygen atoms in total. The van der Waals surface area contributed by atoms with E-state index >= 15 is 0 Å². The van der Waals surface area contributed by atoms with Gasteiger partial charge in [-0.15, -0.1) is 0 Å². The smallest absolute Gasteiger partial charge is 0.00954 e. The third kappa shape index (κ3) is 4.89. The second-order valence-electron chi connectivity index (χ2n) is 6.98. The molecule has 0 aromatic heterocycles. The normalized spacial score (nSPS) is 20.3. The molecule has 0 aromatic rings. The van der Waals surface area contributed by atoms with E-state index in [9.17, 15) is 0 Å². The van der Waals surface area contributed by atoms with Crippen molar-refractivity contribution < 1.29 is 0 Å². The Balaban J connectivity index is 2.58. The summed E-state index contributed by atoms with van der Waals surface area (Å²) in [5.74, 6) is 0.916. The van der Waals surface area contributed by atoms with E-state index in [0.29, 0.717) is 0 Å². The fourth-order valence-corrected chi connectivity index (χ4v) is 3.24. The Bertz CT molecular complexity index is 219. The van der Waals surface area contributed by atoms with Gasteiger partial charge in [-0.3, -0.25) is 4.90 Å². The van der Waals surface area contributed by atoms with E-state index in [-0.39, 0.29) is 5.41 Å². The third-order valence-electron chi connectivity index (χ3n) is 4.60. The van der Waals surface area contributed by atoms with Crippen molar-refractivity contribution >= 4 is 0 Å². The van der Waals surface area contributed by atoms with Crippen LogP contribution in [0.3, 0.4) is 0 Å². The fraction of sp³-hybridized carbons (Fsp3) is 1.00. The molecule has 1 saturated carbocycles. The van der Waals surface area contributed by atoms with Gasteiger partial charge in [-0.25, -0.2) is 0 Å². The van der Waals surface area contributed by atoms with Crippen molar-refractivity contribution in [2.75, 3.05) is 19.6 Å². The molecule has 0 heterocycles. The van der Waals surface area contributed by atoms with Gasteiger partial charge in [0.25, 0.3) is 0 Å². The molecule has 0 bridgehead atoms. The van der Waals surface area contributed by atoms with Crippen molar-refractivity contribution in [1.29, 1.82) is 0 Å². The zero-order valence-electron chi connectivity index (χ0n) is 13.0. The summed E-state index contributed by atoms with van der Waals surface area (Å²) >= 11 is 0. The Kier molecular flexibility index (Phi) is 6.65. The molecule has 0 aromatic carbocycles. The molecule has 108 valence electrons. The molecule has 0 saturated heterocycles. The average Bonchev–Trinajstić information content (AvgIpc) is 2.38. The maximum atomic E-state index is 5.90. The van der Waals surface area contributed by atoms with Crippen LogP contribution < -0.4 is 5.73 Å². The van der Waals surface area contributed by atoms with Crippen molar-refractivity contribution in [1.82, 2.24) is 4.90 Å². The molecule has 0 radical (unpaired) electrons. The van der Waals surface area contributed by atoms with Gasteiger partial charge in [0.05, 0.1) is 0 Å². The Morgan fingerprint density at radius 2 is 1.83 bits per heavy atom. The lowest BCUT2D eigenvalue weighted by Crippen LogP contribution is -2.46. The second-order valence-corrected chi connectivity index (χ2v) is 6.98. The van der Waals surface area contributed by atoms with E-state index < -0.39 is 0 Å². The van der Waals surface area contributed by atoms with E-state index in [4.69, 9.17) is 5.73 Å². The maximum Gasteiger partial charge on any atom is 0.00954 e. The van der Waals surface area contributed by atoms with Gasteiger partial charge in [-0.1, -0.05) is 40.0 Å². The fourth-order valence-electron chi connectivity index (χ4n) is 3.24. The van der Waals surface area contributed by atoms with Crippen LogP contribution in [0.1, 0.15) is 66.2 Å². The van der Waals surface area contributed by atoms with Gasteiger partial charge in [0.15, 0.2) is 0 Å². The van der Waals surface area contributed by atoms with Gasteiger partial charge in [0.1, 0.15) is 0 Å². The highest BCUT2D eigenvalue weighted by molar-refractivity contribution is 4.83. The van der Waals surface area contributed by atoms with Crippen molar-refractivity contribution in [3.8, 4) is 0 Å². The molecule has 2 heteroatoms. The van der Waals surface area contributed by atoms with Gasteiger partial charge >= 0.3 is 0 Å². The minimum atomic E-state index is 0.248. The zero-order valence-corrected chi connectivity index (χ0v) is 13.0. The standard InChI is InChI=1S/C16H34N2/c1-5-11-18(13-16(3,4)12-17)14(2)15-9-7-6-8-10-15/h14-15H,5-13,17H2,1-4H3. The number of rotatable bonds is 7. The van der Waals surface area contributed by atoms with Crippen molar-refractivity contribution in [3.63, 3.8) is 0 Å². The molecule has 2 N–H and O–H groups in total. The van der Waals surface area contributed by atoms with Crippen LogP contribution in [0.4, 0.5) is 0 Å². The van der Waals surface area contributed by atoms with Crippen LogP contribution in [-0.4, -0.2) is 30.6 Å². The largest absolute Gasteiger partial charge is 0.330 e. The van der Waals surface area contributed by atoms with Crippen LogP contribution in [0.5, 0.6) is 0 Å². The molecule has 18 heavy (non-hydrogen) atoms. The topological polar surface area (TPSA) is 29.3 Å². The Hall–Kier alpha value is -0.0800. The highest BCUT2D eigenvalue weighted by atomic mass is 15.2. The Labute approximate surface area is 114 Å². The summed E-state index contributed by atoms with van der Waals surface area (Å²) < 4.78 is 0. The first-order valence-corrected chi connectivity index (χ1v) is 7.94. The summed E-state index contributed by atoms with van der Waals surface area (Å²) in [6.07, 6.45) is 8.45. The third-order valence-corrected chi connectivity index (χ3v) is 4.60. The van der Waals surface area contributed by atoms with E-state index in [0.717, 1.165) is 25.0 Å². The van der Waals surface area contributed by atoms with Gasteiger partial charge in [-0.2, -0.15) is 0 Å². The van der Waals surface area contributed by atoms with Crippen LogP contribution in [0.2, 0.25) is 0 Å². The van der Waals surface area contributed by atoms with Crippen LogP contribution in [0.25, 0.3) is 0 Å². The predicted molar refractivity (Wildman–Crippen MR) is 80.7 cm³/mol. The summed E-state index contributed by atoms with van der Waals surface area (Å²) in [6.45, 7) is 12.5. The number of hydrogen-bond acceptors (Lipinski definition) is 2. The maximum absolute atomic E-state index is 5.90. The molecule has 1 rings (SSSR count). The summed E-state index contributed by atoms with van der Waals surface area (Å²) in [4.78, 5) is 2.70. The van der Waals surface area contributed by atoms with Gasteiger partial charge in [0, 0.05) is 12.6 Å². The van der Waals surface area contributed by atoms with Gasteiger partial charge < -0.3 is 5.73 Å². The summed E-state index contributed by atoms with van der Waals surface area (Å²) in [5.41, 5.74) is 6.15. The highest BCUT2D eigenvalue weighted by Gasteiger charge is 2.28. The Morgan fingerprint density at radius 3 is 2.33 bits per heavy atom. The minimum Gasteiger partial charge on any atom is -0.330 e. The quantitative estimate of drug-likeness (QED) is 0.751. The molecule has 1 unspecified atom stereocenters. The summed E-state index contributed by atoms with van der Waals surface area (Å²) in [6, 6.07) is 0.732. The van der Waals surface area contributed by atoms with Crippen LogP contribution >= 0.6 is 0 Å². The molecule has 1 fully saturated rings. The number of nitrogens with zero attached hydrogens (tertiary/aromatic N) is 1. The van der Waals surface area contributed by atoms with Crippen molar-refractivity contribution in [2.24, 2.45) is 17.1 Å². The minimum absolute atomic E-state index is 0.248. The lowest BCUT2D eigenvalue weighted by atomic mass is 9.83. The first-order chi connectivity index (χ1) is 8.50. The van der Waals surface area contributed by atoms with E-state index in [1.54, 1.807) is 0 Å². The summed E-state index contributed by atoms with van der Waals surface area (Å²) in [5, 5.41) is 0. The molecular formula is C16H34N2. The van der Waals surface area contributed by atoms with E-state index in [1.807, 2.05) is 0 Å².